The van der Waals surface area contributed by atoms with Gasteiger partial charge in [-0.05, 0) is 18.9 Å². The maximum atomic E-state index is 8.71. The Labute approximate surface area is 113 Å². The number of aryl methyl sites for hydroxylation is 1. The highest BCUT2D eigenvalue weighted by Crippen LogP contribution is 2.24. The van der Waals surface area contributed by atoms with Gasteiger partial charge in [0.15, 0.2) is 0 Å². The van der Waals surface area contributed by atoms with Crippen molar-refractivity contribution in [3.63, 3.8) is 0 Å². The molecule has 1 heterocycles. The molecule has 0 fully saturated rings. The molecule has 0 atom stereocenters. The first-order valence-electron chi connectivity index (χ1n) is 6.79. The number of para-hydroxylation sites is 1. The Morgan fingerprint density at radius 2 is 1.89 bits per heavy atom. The molecule has 1 aromatic carbocycles. The predicted molar refractivity (Wildman–Crippen MR) is 77.6 cm³/mol. The molecular weight excluding hydrogens is 238 g/mol. The van der Waals surface area contributed by atoms with E-state index >= 15 is 0 Å². The average Bonchev–Trinajstić information content (AvgIpc) is 2.88. The summed E-state index contributed by atoms with van der Waals surface area (Å²) in [5.41, 5.74) is 8.84. The van der Waals surface area contributed by atoms with E-state index in [9.17, 15) is 0 Å². The molecule has 0 unspecified atom stereocenters. The smallest absolute Gasteiger partial charge is 0.0569 e. The van der Waals surface area contributed by atoms with Crippen molar-refractivity contribution in [2.45, 2.75) is 32.2 Å². The standard InChI is InChI=1S/C15H21N3O/c16-15-8-4-3-7-14(15)13-11-17-18(12-13)9-5-1-2-6-10-19/h3-4,7-8,11-12,19H,1-2,5-6,9-10,16H2. The first-order valence-corrected chi connectivity index (χ1v) is 6.79. The quantitative estimate of drug-likeness (QED) is 0.593. The summed E-state index contributed by atoms with van der Waals surface area (Å²) in [4.78, 5) is 0. The van der Waals surface area contributed by atoms with Gasteiger partial charge in [0.25, 0.3) is 0 Å². The van der Waals surface area contributed by atoms with Gasteiger partial charge in [0, 0.05) is 36.2 Å². The number of aromatic nitrogens is 2. The number of rotatable bonds is 7. The SMILES string of the molecule is Nc1ccccc1-c1cnn(CCCCCCO)c1. The van der Waals surface area contributed by atoms with Crippen LogP contribution in [-0.4, -0.2) is 21.5 Å². The zero-order chi connectivity index (χ0) is 13.5. The molecule has 0 saturated carbocycles. The van der Waals surface area contributed by atoms with E-state index in [-0.39, 0.29) is 0 Å². The summed E-state index contributed by atoms with van der Waals surface area (Å²) in [7, 11) is 0. The molecule has 2 rings (SSSR count). The topological polar surface area (TPSA) is 64.1 Å². The molecule has 102 valence electrons. The van der Waals surface area contributed by atoms with Gasteiger partial charge in [-0.3, -0.25) is 4.68 Å². The average molecular weight is 259 g/mol. The van der Waals surface area contributed by atoms with E-state index in [4.69, 9.17) is 10.8 Å². The molecule has 0 aliphatic heterocycles. The summed E-state index contributed by atoms with van der Waals surface area (Å²) in [5.74, 6) is 0. The van der Waals surface area contributed by atoms with Crippen molar-refractivity contribution in [3.8, 4) is 11.1 Å². The molecule has 4 heteroatoms. The Hall–Kier alpha value is -1.81. The number of nitrogens with zero attached hydrogens (tertiary/aromatic N) is 2. The zero-order valence-corrected chi connectivity index (χ0v) is 11.1. The summed E-state index contributed by atoms with van der Waals surface area (Å²) >= 11 is 0. The number of benzene rings is 1. The lowest BCUT2D eigenvalue weighted by Gasteiger charge is -2.02. The largest absolute Gasteiger partial charge is 0.398 e. The van der Waals surface area contributed by atoms with E-state index in [2.05, 4.69) is 5.10 Å². The molecule has 4 nitrogen and oxygen atoms in total. The van der Waals surface area contributed by atoms with Gasteiger partial charge < -0.3 is 10.8 Å². The highest BCUT2D eigenvalue weighted by atomic mass is 16.2. The van der Waals surface area contributed by atoms with Gasteiger partial charge in [-0.15, -0.1) is 0 Å². The highest BCUT2D eigenvalue weighted by molar-refractivity contribution is 5.75. The van der Waals surface area contributed by atoms with Gasteiger partial charge in [0.05, 0.1) is 6.20 Å². The zero-order valence-electron chi connectivity index (χ0n) is 11.1. The van der Waals surface area contributed by atoms with E-state index < -0.39 is 0 Å². The highest BCUT2D eigenvalue weighted by Gasteiger charge is 2.04. The van der Waals surface area contributed by atoms with Crippen LogP contribution < -0.4 is 5.73 Å². The first-order chi connectivity index (χ1) is 9.31. The van der Waals surface area contributed by atoms with Gasteiger partial charge in [0.1, 0.15) is 0 Å². The van der Waals surface area contributed by atoms with Gasteiger partial charge in [0.2, 0.25) is 0 Å². The molecular formula is C15H21N3O. The number of unbranched alkanes of at least 4 members (excludes halogenated alkanes) is 3. The number of nitrogen functional groups attached to an aromatic ring is 1. The Bertz CT molecular complexity index is 508. The van der Waals surface area contributed by atoms with Gasteiger partial charge >= 0.3 is 0 Å². The third-order valence-electron chi connectivity index (χ3n) is 3.20. The summed E-state index contributed by atoms with van der Waals surface area (Å²) in [5, 5.41) is 13.1. The molecule has 0 spiro atoms. The molecule has 0 bridgehead atoms. The summed E-state index contributed by atoms with van der Waals surface area (Å²) in [6.45, 7) is 1.21. The van der Waals surface area contributed by atoms with Crippen LogP contribution >= 0.6 is 0 Å². The number of hydrogen-bond donors (Lipinski definition) is 2. The van der Waals surface area contributed by atoms with Crippen molar-refractivity contribution in [2.75, 3.05) is 12.3 Å². The Balaban J connectivity index is 1.91. The number of aliphatic hydroxyl groups is 1. The van der Waals surface area contributed by atoms with Crippen molar-refractivity contribution in [1.29, 1.82) is 0 Å². The van der Waals surface area contributed by atoms with Gasteiger partial charge in [-0.2, -0.15) is 5.10 Å². The lowest BCUT2D eigenvalue weighted by molar-refractivity contribution is 0.282. The Morgan fingerprint density at radius 1 is 1.11 bits per heavy atom. The molecule has 0 aliphatic carbocycles. The molecule has 3 N–H and O–H groups in total. The van der Waals surface area contributed by atoms with Crippen molar-refractivity contribution in [2.24, 2.45) is 0 Å². The fourth-order valence-electron chi connectivity index (χ4n) is 2.12. The van der Waals surface area contributed by atoms with Crippen LogP contribution in [0.25, 0.3) is 11.1 Å². The molecule has 0 radical (unpaired) electrons. The second-order valence-corrected chi connectivity index (χ2v) is 4.72. The molecule has 0 aliphatic rings. The van der Waals surface area contributed by atoms with E-state index in [0.717, 1.165) is 49.0 Å². The van der Waals surface area contributed by atoms with Gasteiger partial charge in [-0.1, -0.05) is 31.0 Å². The summed E-state index contributed by atoms with van der Waals surface area (Å²) < 4.78 is 1.96. The van der Waals surface area contributed by atoms with Crippen molar-refractivity contribution in [3.05, 3.63) is 36.7 Å². The van der Waals surface area contributed by atoms with E-state index in [1.54, 1.807) is 0 Å². The number of hydrogen-bond acceptors (Lipinski definition) is 3. The summed E-state index contributed by atoms with van der Waals surface area (Å²) in [6, 6.07) is 7.84. The van der Waals surface area contributed by atoms with Crippen LogP contribution in [0.5, 0.6) is 0 Å². The lowest BCUT2D eigenvalue weighted by Crippen LogP contribution is -1.98. The Kier molecular flexibility index (Phi) is 4.98. The normalized spacial score (nSPS) is 10.8. The van der Waals surface area contributed by atoms with Crippen molar-refractivity contribution < 1.29 is 5.11 Å². The lowest BCUT2D eigenvalue weighted by atomic mass is 10.1. The maximum Gasteiger partial charge on any atom is 0.0569 e. The summed E-state index contributed by atoms with van der Waals surface area (Å²) in [6.07, 6.45) is 8.09. The third kappa shape index (κ3) is 3.83. The molecule has 1 aromatic heterocycles. The minimum atomic E-state index is 0.291. The van der Waals surface area contributed by atoms with Crippen LogP contribution in [0.2, 0.25) is 0 Å². The monoisotopic (exact) mass is 259 g/mol. The van der Waals surface area contributed by atoms with Crippen LogP contribution in [-0.2, 0) is 6.54 Å². The Morgan fingerprint density at radius 3 is 2.68 bits per heavy atom. The van der Waals surface area contributed by atoms with Crippen LogP contribution in [0.1, 0.15) is 25.7 Å². The second kappa shape index (κ2) is 6.95. The maximum absolute atomic E-state index is 8.71. The molecule has 19 heavy (non-hydrogen) atoms. The van der Waals surface area contributed by atoms with E-state index in [1.807, 2.05) is 41.3 Å². The number of aliphatic hydroxyl groups excluding tert-OH is 1. The van der Waals surface area contributed by atoms with E-state index in [0.29, 0.717) is 6.61 Å². The minimum absolute atomic E-state index is 0.291. The fraction of sp³-hybridized carbons (Fsp3) is 0.400. The predicted octanol–water partition coefficient (Wildman–Crippen LogP) is 2.69. The van der Waals surface area contributed by atoms with Gasteiger partial charge in [-0.25, -0.2) is 0 Å². The molecule has 0 amide bonds. The van der Waals surface area contributed by atoms with Crippen molar-refractivity contribution >= 4 is 5.69 Å². The van der Waals surface area contributed by atoms with Crippen LogP contribution in [0.3, 0.4) is 0 Å². The van der Waals surface area contributed by atoms with Crippen LogP contribution in [0.15, 0.2) is 36.7 Å². The second-order valence-electron chi connectivity index (χ2n) is 4.72. The number of anilines is 1. The molecule has 2 aromatic rings. The third-order valence-corrected chi connectivity index (χ3v) is 3.20. The fourth-order valence-corrected chi connectivity index (χ4v) is 2.12. The van der Waals surface area contributed by atoms with Crippen LogP contribution in [0, 0.1) is 0 Å². The van der Waals surface area contributed by atoms with E-state index in [1.165, 1.54) is 0 Å². The van der Waals surface area contributed by atoms with Crippen molar-refractivity contribution in [1.82, 2.24) is 9.78 Å². The number of nitrogens with two attached hydrogens (primary N) is 1. The molecule has 0 saturated heterocycles. The van der Waals surface area contributed by atoms with Crippen LogP contribution in [0.4, 0.5) is 5.69 Å². The first kappa shape index (κ1) is 13.6. The minimum Gasteiger partial charge on any atom is -0.398 e.